The Kier molecular flexibility index (Phi) is 5.02. The van der Waals surface area contributed by atoms with Crippen LogP contribution in [0.1, 0.15) is 23.1 Å². The van der Waals surface area contributed by atoms with Gasteiger partial charge in [-0.15, -0.1) is 0 Å². The van der Waals surface area contributed by atoms with Gasteiger partial charge in [0.05, 0.1) is 6.10 Å². The Hall–Kier alpha value is -1.10. The maximum absolute atomic E-state index is 10.0. The van der Waals surface area contributed by atoms with E-state index in [4.69, 9.17) is 4.74 Å². The Bertz CT molecular complexity index is 438. The molecule has 1 aliphatic rings. The molecule has 2 rings (SSSR count). The second-order valence-electron chi connectivity index (χ2n) is 5.73. The van der Waals surface area contributed by atoms with Crippen molar-refractivity contribution in [2.45, 2.75) is 32.5 Å². The largest absolute Gasteiger partial charge is 0.490 e. The fourth-order valence-electron chi connectivity index (χ4n) is 2.78. The van der Waals surface area contributed by atoms with Crippen molar-refractivity contribution in [3.63, 3.8) is 0 Å². The molecule has 1 heterocycles. The molecule has 1 unspecified atom stereocenters. The van der Waals surface area contributed by atoms with E-state index in [1.165, 1.54) is 0 Å². The highest BCUT2D eigenvalue weighted by Crippen LogP contribution is 2.24. The van der Waals surface area contributed by atoms with Gasteiger partial charge >= 0.3 is 0 Å². The number of hydrogen-bond donors (Lipinski definition) is 2. The zero-order chi connectivity index (χ0) is 14.7. The van der Waals surface area contributed by atoms with Crippen LogP contribution in [0.25, 0.3) is 0 Å². The lowest BCUT2D eigenvalue weighted by Crippen LogP contribution is -2.34. The van der Waals surface area contributed by atoms with E-state index in [0.717, 1.165) is 35.4 Å². The number of aliphatic hydroxyl groups excluding tert-OH is 2. The summed E-state index contributed by atoms with van der Waals surface area (Å²) >= 11 is 0. The zero-order valence-corrected chi connectivity index (χ0v) is 12.3. The maximum Gasteiger partial charge on any atom is 0.125 e. The first-order valence-corrected chi connectivity index (χ1v) is 7.10. The molecule has 2 N–H and O–H groups in total. The Labute approximate surface area is 121 Å². The lowest BCUT2D eigenvalue weighted by atomic mass is 10.1. The molecule has 1 aromatic carbocycles. The van der Waals surface area contributed by atoms with Crippen molar-refractivity contribution in [2.24, 2.45) is 0 Å². The highest BCUT2D eigenvalue weighted by atomic mass is 16.5. The van der Waals surface area contributed by atoms with Crippen molar-refractivity contribution in [3.8, 4) is 5.75 Å². The number of aliphatic hydroxyl groups is 2. The SMILES string of the molecule is [CH2]c1cc(C)c(OCC(O)CN2CC[C@H](O)C2)c(C)c1. The van der Waals surface area contributed by atoms with Crippen molar-refractivity contribution < 1.29 is 14.9 Å². The first-order chi connectivity index (χ1) is 9.45. The van der Waals surface area contributed by atoms with Gasteiger partial charge in [-0.25, -0.2) is 0 Å². The number of β-amino-alcohol motifs (C(OH)–C–C–N with tert-alkyl or cyclic N) is 2. The Morgan fingerprint density at radius 2 is 2.05 bits per heavy atom. The monoisotopic (exact) mass is 278 g/mol. The van der Waals surface area contributed by atoms with Crippen LogP contribution in [0.5, 0.6) is 5.75 Å². The van der Waals surface area contributed by atoms with Crippen molar-refractivity contribution in [1.82, 2.24) is 4.90 Å². The molecule has 0 aliphatic carbocycles. The molecule has 0 bridgehead atoms. The average molecular weight is 278 g/mol. The number of nitrogens with zero attached hydrogens (tertiary/aromatic N) is 1. The highest BCUT2D eigenvalue weighted by molar-refractivity contribution is 5.44. The molecule has 1 aliphatic heterocycles. The summed E-state index contributed by atoms with van der Waals surface area (Å²) in [6.07, 6.45) is -0.00717. The molecule has 1 saturated heterocycles. The minimum absolute atomic E-state index is 0.253. The average Bonchev–Trinajstić information content (AvgIpc) is 2.73. The molecule has 4 nitrogen and oxygen atoms in total. The van der Waals surface area contributed by atoms with Crippen LogP contribution in [-0.4, -0.2) is 53.6 Å². The summed E-state index contributed by atoms with van der Waals surface area (Å²) in [7, 11) is 0. The molecule has 0 aromatic heterocycles. The van der Waals surface area contributed by atoms with Crippen LogP contribution < -0.4 is 4.74 Å². The topological polar surface area (TPSA) is 52.9 Å². The fourth-order valence-corrected chi connectivity index (χ4v) is 2.78. The van der Waals surface area contributed by atoms with E-state index in [1.54, 1.807) is 0 Å². The second-order valence-corrected chi connectivity index (χ2v) is 5.73. The van der Waals surface area contributed by atoms with Gasteiger partial charge in [0.2, 0.25) is 0 Å². The van der Waals surface area contributed by atoms with E-state index in [0.29, 0.717) is 13.1 Å². The van der Waals surface area contributed by atoms with Gasteiger partial charge in [-0.05, 0) is 43.9 Å². The molecule has 20 heavy (non-hydrogen) atoms. The number of benzene rings is 1. The summed E-state index contributed by atoms with van der Waals surface area (Å²) < 4.78 is 5.75. The van der Waals surface area contributed by atoms with Crippen molar-refractivity contribution in [3.05, 3.63) is 35.7 Å². The van der Waals surface area contributed by atoms with Gasteiger partial charge in [0.1, 0.15) is 18.5 Å². The molecule has 0 saturated carbocycles. The molecule has 0 spiro atoms. The summed E-state index contributed by atoms with van der Waals surface area (Å²) in [5.74, 6) is 0.831. The van der Waals surface area contributed by atoms with Crippen LogP contribution in [0.2, 0.25) is 0 Å². The van der Waals surface area contributed by atoms with Gasteiger partial charge in [-0.3, -0.25) is 4.90 Å². The van der Waals surface area contributed by atoms with Crippen LogP contribution in [0.15, 0.2) is 12.1 Å². The van der Waals surface area contributed by atoms with Gasteiger partial charge in [0.25, 0.3) is 0 Å². The Morgan fingerprint density at radius 1 is 1.40 bits per heavy atom. The summed E-state index contributed by atoms with van der Waals surface area (Å²) in [5, 5.41) is 19.5. The zero-order valence-electron chi connectivity index (χ0n) is 12.3. The van der Waals surface area contributed by atoms with Gasteiger partial charge in [-0.2, -0.15) is 0 Å². The van der Waals surface area contributed by atoms with E-state index in [9.17, 15) is 10.2 Å². The van der Waals surface area contributed by atoms with Gasteiger partial charge in [-0.1, -0.05) is 12.1 Å². The third kappa shape index (κ3) is 3.95. The highest BCUT2D eigenvalue weighted by Gasteiger charge is 2.22. The minimum Gasteiger partial charge on any atom is -0.490 e. The smallest absolute Gasteiger partial charge is 0.125 e. The number of ether oxygens (including phenoxy) is 1. The van der Waals surface area contributed by atoms with E-state index in [-0.39, 0.29) is 12.7 Å². The van der Waals surface area contributed by atoms with E-state index >= 15 is 0 Å². The summed E-state index contributed by atoms with van der Waals surface area (Å²) in [4.78, 5) is 2.07. The van der Waals surface area contributed by atoms with Crippen molar-refractivity contribution in [1.29, 1.82) is 0 Å². The molecule has 1 fully saturated rings. The van der Waals surface area contributed by atoms with E-state index in [1.807, 2.05) is 26.0 Å². The van der Waals surface area contributed by atoms with Crippen LogP contribution in [0, 0.1) is 20.8 Å². The van der Waals surface area contributed by atoms with Gasteiger partial charge < -0.3 is 14.9 Å². The van der Waals surface area contributed by atoms with Gasteiger partial charge in [0.15, 0.2) is 0 Å². The third-order valence-corrected chi connectivity index (χ3v) is 3.66. The van der Waals surface area contributed by atoms with Crippen LogP contribution in [0.4, 0.5) is 0 Å². The molecule has 0 amide bonds. The van der Waals surface area contributed by atoms with Crippen molar-refractivity contribution in [2.75, 3.05) is 26.2 Å². The summed E-state index contributed by atoms with van der Waals surface area (Å²) in [5.41, 5.74) is 3.05. The summed E-state index contributed by atoms with van der Waals surface area (Å²) in [6, 6.07) is 3.96. The number of aryl methyl sites for hydroxylation is 2. The molecule has 2 atom stereocenters. The number of likely N-dealkylation sites (tertiary alicyclic amines) is 1. The van der Waals surface area contributed by atoms with Crippen LogP contribution in [0.3, 0.4) is 0 Å². The van der Waals surface area contributed by atoms with Gasteiger partial charge in [0, 0.05) is 19.6 Å². The molecular weight excluding hydrogens is 254 g/mol. The molecule has 111 valence electrons. The standard InChI is InChI=1S/C16H24NO3/c1-11-6-12(2)16(13(3)7-11)20-10-15(19)9-17-5-4-14(18)8-17/h6-7,14-15,18-19H,1,4-5,8-10H2,2-3H3/t14-,15?/m0/s1. The first kappa shape index (κ1) is 15.3. The molecule has 1 aromatic rings. The van der Waals surface area contributed by atoms with Crippen LogP contribution >= 0.6 is 0 Å². The van der Waals surface area contributed by atoms with E-state index in [2.05, 4.69) is 11.8 Å². The predicted molar refractivity (Wildman–Crippen MR) is 78.9 cm³/mol. The second kappa shape index (κ2) is 6.57. The number of hydrogen-bond acceptors (Lipinski definition) is 4. The predicted octanol–water partition coefficient (Wildman–Crippen LogP) is 1.29. The third-order valence-electron chi connectivity index (χ3n) is 3.66. The normalized spacial score (nSPS) is 21.1. The quantitative estimate of drug-likeness (QED) is 0.852. The summed E-state index contributed by atoms with van der Waals surface area (Å²) in [6.45, 7) is 10.2. The Morgan fingerprint density at radius 3 is 2.60 bits per heavy atom. The van der Waals surface area contributed by atoms with E-state index < -0.39 is 6.10 Å². The maximum atomic E-state index is 10.0. The van der Waals surface area contributed by atoms with Crippen LogP contribution in [-0.2, 0) is 0 Å². The molecule has 4 heteroatoms. The first-order valence-electron chi connectivity index (χ1n) is 7.10. The lowest BCUT2D eigenvalue weighted by Gasteiger charge is -2.21. The minimum atomic E-state index is -0.543. The Balaban J connectivity index is 1.85. The lowest BCUT2D eigenvalue weighted by molar-refractivity contribution is 0.0703. The fraction of sp³-hybridized carbons (Fsp3) is 0.562. The number of rotatable bonds is 5. The van der Waals surface area contributed by atoms with Crippen molar-refractivity contribution >= 4 is 0 Å². The molecule has 1 radical (unpaired) electrons. The molecular formula is C16H24NO3.